The van der Waals surface area contributed by atoms with Gasteiger partial charge in [0.15, 0.2) is 0 Å². The summed E-state index contributed by atoms with van der Waals surface area (Å²) in [5.41, 5.74) is -0.465. The van der Waals surface area contributed by atoms with Gasteiger partial charge in [0.05, 0.1) is 17.1 Å². The highest BCUT2D eigenvalue weighted by atomic mass is 16.7. The molecule has 1 saturated heterocycles. The Bertz CT molecular complexity index is 285. The van der Waals surface area contributed by atoms with Crippen LogP contribution in [0.4, 0.5) is 0 Å². The van der Waals surface area contributed by atoms with E-state index in [9.17, 15) is 0 Å². The lowest BCUT2D eigenvalue weighted by Crippen LogP contribution is -2.46. The Balaban J connectivity index is 2.13. The molecule has 0 aromatic carbocycles. The minimum absolute atomic E-state index is 0.147. The monoisotopic (exact) mass is 223 g/mol. The molecule has 0 bridgehead atoms. The molecule has 2 aliphatic rings. The van der Waals surface area contributed by atoms with Crippen molar-refractivity contribution >= 4 is 7.12 Å². The average molecular weight is 223 g/mol. The maximum atomic E-state index is 6.06. The fourth-order valence-electron chi connectivity index (χ4n) is 2.14. The van der Waals surface area contributed by atoms with Crippen molar-refractivity contribution in [2.45, 2.75) is 51.3 Å². The first-order chi connectivity index (χ1) is 7.33. The topological polar surface area (TPSA) is 21.7 Å². The minimum Gasteiger partial charge on any atom is -0.402 e. The summed E-state index contributed by atoms with van der Waals surface area (Å²) in [7, 11) is 1.98. The highest BCUT2D eigenvalue weighted by Gasteiger charge is 2.54. The fraction of sp³-hybridized carbons (Fsp3) is 0.833. The van der Waals surface area contributed by atoms with E-state index in [1.54, 1.807) is 0 Å². The van der Waals surface area contributed by atoms with Gasteiger partial charge in [-0.1, -0.05) is 12.2 Å². The van der Waals surface area contributed by atoms with Crippen molar-refractivity contribution < 1.29 is 9.31 Å². The van der Waals surface area contributed by atoms with Gasteiger partial charge in [-0.05, 0) is 41.2 Å². The van der Waals surface area contributed by atoms with Crippen LogP contribution in [0.15, 0.2) is 12.2 Å². The van der Waals surface area contributed by atoms with E-state index in [4.69, 9.17) is 9.31 Å². The lowest BCUT2D eigenvalue weighted by atomic mass is 9.76. The molecule has 1 unspecified atom stereocenters. The predicted octanol–water partition coefficient (Wildman–Crippen LogP) is 1.88. The Morgan fingerprint density at radius 1 is 1.19 bits per heavy atom. The van der Waals surface area contributed by atoms with Crippen molar-refractivity contribution in [1.82, 2.24) is 4.90 Å². The van der Waals surface area contributed by atoms with Gasteiger partial charge in [0.1, 0.15) is 0 Å². The van der Waals surface area contributed by atoms with E-state index in [0.717, 1.165) is 13.0 Å². The minimum atomic E-state index is -0.232. The van der Waals surface area contributed by atoms with Crippen LogP contribution in [-0.4, -0.2) is 42.8 Å². The maximum absolute atomic E-state index is 6.06. The van der Waals surface area contributed by atoms with Crippen molar-refractivity contribution in [1.29, 1.82) is 0 Å². The predicted molar refractivity (Wildman–Crippen MR) is 66.3 cm³/mol. The van der Waals surface area contributed by atoms with Gasteiger partial charge < -0.3 is 14.2 Å². The third-order valence-corrected chi connectivity index (χ3v) is 4.04. The Morgan fingerprint density at radius 2 is 1.75 bits per heavy atom. The second-order valence-corrected chi connectivity index (χ2v) is 5.81. The molecule has 0 aliphatic carbocycles. The summed E-state index contributed by atoms with van der Waals surface area (Å²) in [5.74, 6) is 0.245. The molecule has 90 valence electrons. The molecule has 0 saturated carbocycles. The standard InChI is InChI=1S/C12H22BNO2/c1-11(2)12(3,4)16-13(15-11)10-8-6-7-9-14(10)5/h6,8,10H,7,9H2,1-5H3. The molecule has 1 fully saturated rings. The van der Waals surface area contributed by atoms with E-state index >= 15 is 0 Å². The van der Waals surface area contributed by atoms with Gasteiger partial charge in [0.2, 0.25) is 0 Å². The molecule has 2 rings (SSSR count). The number of nitrogens with zero attached hydrogens (tertiary/aromatic N) is 1. The summed E-state index contributed by atoms with van der Waals surface area (Å²) in [5, 5.41) is 0. The largest absolute Gasteiger partial charge is 0.480 e. The van der Waals surface area contributed by atoms with Crippen molar-refractivity contribution in [3.63, 3.8) is 0 Å². The number of hydrogen-bond acceptors (Lipinski definition) is 3. The van der Waals surface area contributed by atoms with Crippen LogP contribution in [-0.2, 0) is 9.31 Å². The van der Waals surface area contributed by atoms with Crippen molar-refractivity contribution in [2.24, 2.45) is 0 Å². The van der Waals surface area contributed by atoms with Gasteiger partial charge in [-0.2, -0.15) is 0 Å². The third-order valence-electron chi connectivity index (χ3n) is 4.04. The van der Waals surface area contributed by atoms with E-state index in [2.05, 4.69) is 51.8 Å². The van der Waals surface area contributed by atoms with Gasteiger partial charge >= 0.3 is 7.12 Å². The van der Waals surface area contributed by atoms with E-state index in [1.165, 1.54) is 0 Å². The molecule has 0 aromatic heterocycles. The molecule has 0 amide bonds. The zero-order valence-electron chi connectivity index (χ0n) is 11.0. The average Bonchev–Trinajstić information content (AvgIpc) is 2.36. The van der Waals surface area contributed by atoms with E-state index < -0.39 is 0 Å². The molecule has 0 spiro atoms. The smallest absolute Gasteiger partial charge is 0.402 e. The summed E-state index contributed by atoms with van der Waals surface area (Å²) in [6, 6.07) is 0. The molecule has 2 aliphatic heterocycles. The lowest BCUT2D eigenvalue weighted by molar-refractivity contribution is 0.00578. The summed E-state index contributed by atoms with van der Waals surface area (Å²) in [6.45, 7) is 9.46. The van der Waals surface area contributed by atoms with Gasteiger partial charge in [-0.3, -0.25) is 0 Å². The van der Waals surface area contributed by atoms with Gasteiger partial charge in [-0.25, -0.2) is 0 Å². The summed E-state index contributed by atoms with van der Waals surface area (Å²) >= 11 is 0. The maximum Gasteiger partial charge on any atom is 0.480 e. The van der Waals surface area contributed by atoms with Crippen LogP contribution >= 0.6 is 0 Å². The first-order valence-corrected chi connectivity index (χ1v) is 6.06. The zero-order valence-corrected chi connectivity index (χ0v) is 11.0. The van der Waals surface area contributed by atoms with Crippen molar-refractivity contribution in [2.75, 3.05) is 13.6 Å². The SMILES string of the molecule is CN1CCC=CC1B1OC(C)(C)C(C)(C)O1. The van der Waals surface area contributed by atoms with Crippen LogP contribution < -0.4 is 0 Å². The van der Waals surface area contributed by atoms with Crippen LogP contribution in [0, 0.1) is 0 Å². The molecule has 0 N–H and O–H groups in total. The second-order valence-electron chi connectivity index (χ2n) is 5.81. The summed E-state index contributed by atoms with van der Waals surface area (Å²) < 4.78 is 12.1. The quantitative estimate of drug-likeness (QED) is 0.500. The van der Waals surface area contributed by atoms with Crippen LogP contribution in [0.25, 0.3) is 0 Å². The Labute approximate surface area is 98.9 Å². The van der Waals surface area contributed by atoms with Gasteiger partial charge in [0.25, 0.3) is 0 Å². The van der Waals surface area contributed by atoms with Crippen molar-refractivity contribution in [3.8, 4) is 0 Å². The Kier molecular flexibility index (Phi) is 2.93. The lowest BCUT2D eigenvalue weighted by Gasteiger charge is -2.32. The first-order valence-electron chi connectivity index (χ1n) is 6.06. The molecule has 16 heavy (non-hydrogen) atoms. The fourth-order valence-corrected chi connectivity index (χ4v) is 2.14. The number of rotatable bonds is 1. The molecule has 1 atom stereocenters. The van der Waals surface area contributed by atoms with Crippen LogP contribution in [0.1, 0.15) is 34.1 Å². The Hall–Kier alpha value is -0.315. The molecule has 0 radical (unpaired) electrons. The normalized spacial score (nSPS) is 33.3. The Morgan fingerprint density at radius 3 is 2.25 bits per heavy atom. The first kappa shape index (κ1) is 12.2. The molecule has 4 heteroatoms. The molecule has 0 aromatic rings. The van der Waals surface area contributed by atoms with Gasteiger partial charge in [-0.15, -0.1) is 0 Å². The second kappa shape index (κ2) is 3.86. The van der Waals surface area contributed by atoms with E-state index in [0.29, 0.717) is 0 Å². The highest BCUT2D eigenvalue weighted by Crippen LogP contribution is 2.38. The molecular formula is C12H22BNO2. The highest BCUT2D eigenvalue weighted by molar-refractivity contribution is 6.48. The van der Waals surface area contributed by atoms with Crippen molar-refractivity contribution in [3.05, 3.63) is 12.2 Å². The molecule has 3 nitrogen and oxygen atoms in total. The van der Waals surface area contributed by atoms with E-state index in [1.807, 2.05) is 0 Å². The zero-order chi connectivity index (χ0) is 12.0. The molecule has 2 heterocycles. The van der Waals surface area contributed by atoms with E-state index in [-0.39, 0.29) is 24.3 Å². The third kappa shape index (κ3) is 1.94. The van der Waals surface area contributed by atoms with Crippen LogP contribution in [0.3, 0.4) is 0 Å². The number of likely N-dealkylation sites (N-methyl/N-ethyl adjacent to an activating group) is 1. The molecular weight excluding hydrogens is 201 g/mol. The van der Waals surface area contributed by atoms with Crippen LogP contribution in [0.5, 0.6) is 0 Å². The summed E-state index contributed by atoms with van der Waals surface area (Å²) in [6.07, 6.45) is 5.54. The number of hydrogen-bond donors (Lipinski definition) is 0. The van der Waals surface area contributed by atoms with Gasteiger partial charge in [0, 0.05) is 6.54 Å². The summed E-state index contributed by atoms with van der Waals surface area (Å²) in [4.78, 5) is 2.29. The van der Waals surface area contributed by atoms with Crippen LogP contribution in [0.2, 0.25) is 0 Å².